The maximum absolute atomic E-state index is 13.4. The summed E-state index contributed by atoms with van der Waals surface area (Å²) in [7, 11) is 0. The van der Waals surface area contributed by atoms with E-state index < -0.39 is 45.4 Å². The fourth-order valence-corrected chi connectivity index (χ4v) is 1.81. The number of hydrogen-bond donors (Lipinski definition) is 1. The van der Waals surface area contributed by atoms with Crippen LogP contribution in [0.3, 0.4) is 0 Å². The summed E-state index contributed by atoms with van der Waals surface area (Å²) in [4.78, 5) is 9.94. The van der Waals surface area contributed by atoms with Gasteiger partial charge in [0.1, 0.15) is 10.7 Å². The molecule has 11 heteroatoms. The first-order chi connectivity index (χ1) is 11.2. The Hall–Kier alpha value is -2.75. The number of benzene rings is 2. The molecule has 0 amide bonds. The van der Waals surface area contributed by atoms with Crippen molar-refractivity contribution in [2.24, 2.45) is 5.10 Å². The van der Waals surface area contributed by atoms with Gasteiger partial charge in [-0.25, -0.2) is 22.0 Å². The third-order valence-electron chi connectivity index (χ3n) is 2.77. The van der Waals surface area contributed by atoms with E-state index in [1.54, 1.807) is 5.43 Å². The topological polar surface area (TPSA) is 67.5 Å². The Morgan fingerprint density at radius 2 is 1.58 bits per heavy atom. The molecule has 2 aromatic rings. The highest BCUT2D eigenvalue weighted by Gasteiger charge is 2.25. The van der Waals surface area contributed by atoms with Crippen LogP contribution in [0, 0.1) is 39.2 Å². The van der Waals surface area contributed by atoms with Crippen molar-refractivity contribution in [1.82, 2.24) is 0 Å². The van der Waals surface area contributed by atoms with Crippen LogP contribution in [0.25, 0.3) is 0 Å². The van der Waals surface area contributed by atoms with Crippen molar-refractivity contribution >= 4 is 29.2 Å². The Balaban J connectivity index is 2.31. The summed E-state index contributed by atoms with van der Waals surface area (Å²) in [5.74, 6) is -10.7. The zero-order valence-corrected chi connectivity index (χ0v) is 12.0. The first-order valence-corrected chi connectivity index (χ1v) is 6.36. The SMILES string of the molecule is O=[N+]([O-])c1cc(/C=N/Nc2c(F)c(F)c(F)c(F)c2F)ccc1Cl. The maximum atomic E-state index is 13.4. The van der Waals surface area contributed by atoms with E-state index in [-0.39, 0.29) is 10.6 Å². The maximum Gasteiger partial charge on any atom is 0.288 e. The standard InChI is InChI=1S/C13H5ClF5N3O2/c14-6-2-1-5(3-7(6)22(23)24)4-20-21-13-11(18)9(16)8(15)10(17)12(13)19/h1-4,21H/b20-4+. The van der Waals surface area contributed by atoms with Crippen LogP contribution in [0.2, 0.25) is 5.02 Å². The molecule has 0 fully saturated rings. The third kappa shape index (κ3) is 3.27. The first kappa shape index (κ1) is 17.6. The van der Waals surface area contributed by atoms with Crippen LogP contribution in [0.5, 0.6) is 0 Å². The van der Waals surface area contributed by atoms with Crippen LogP contribution in [0.4, 0.5) is 33.3 Å². The monoisotopic (exact) mass is 365 g/mol. The predicted octanol–water partition coefficient (Wildman–Crippen LogP) is 4.39. The molecule has 0 aliphatic heterocycles. The molecule has 24 heavy (non-hydrogen) atoms. The van der Waals surface area contributed by atoms with Crippen LogP contribution in [0.15, 0.2) is 23.3 Å². The van der Waals surface area contributed by atoms with Gasteiger partial charge in [0, 0.05) is 11.6 Å². The van der Waals surface area contributed by atoms with Crippen molar-refractivity contribution in [2.45, 2.75) is 0 Å². The summed E-state index contributed by atoms with van der Waals surface area (Å²) >= 11 is 5.59. The Kier molecular flexibility index (Phi) is 4.98. The van der Waals surface area contributed by atoms with Crippen molar-refractivity contribution in [3.05, 3.63) is 68.0 Å². The van der Waals surface area contributed by atoms with E-state index in [1.807, 2.05) is 0 Å². The number of anilines is 1. The fourth-order valence-electron chi connectivity index (χ4n) is 1.62. The molecule has 0 saturated heterocycles. The summed E-state index contributed by atoms with van der Waals surface area (Å²) in [5, 5.41) is 13.9. The summed E-state index contributed by atoms with van der Waals surface area (Å²) in [6, 6.07) is 3.48. The second kappa shape index (κ2) is 6.79. The lowest BCUT2D eigenvalue weighted by molar-refractivity contribution is -0.384. The summed E-state index contributed by atoms with van der Waals surface area (Å²) in [5.41, 5.74) is -0.0315. The second-order valence-electron chi connectivity index (χ2n) is 4.28. The van der Waals surface area contributed by atoms with Crippen LogP contribution < -0.4 is 5.43 Å². The van der Waals surface area contributed by atoms with Crippen molar-refractivity contribution in [2.75, 3.05) is 5.43 Å². The molecule has 0 bridgehead atoms. The summed E-state index contributed by atoms with van der Waals surface area (Å²) in [6.07, 6.45) is 0.876. The van der Waals surface area contributed by atoms with E-state index in [2.05, 4.69) is 5.10 Å². The molecule has 126 valence electrons. The Labute approximate surface area is 135 Å². The molecule has 0 saturated carbocycles. The number of nitrogens with zero attached hydrogens (tertiary/aromatic N) is 2. The number of nitro benzene ring substituents is 1. The average molecular weight is 366 g/mol. The molecule has 0 unspecified atom stereocenters. The van der Waals surface area contributed by atoms with Crippen molar-refractivity contribution in [1.29, 1.82) is 0 Å². The molecule has 0 atom stereocenters. The molecule has 0 heterocycles. The fraction of sp³-hybridized carbons (Fsp3) is 0. The van der Waals surface area contributed by atoms with Crippen molar-refractivity contribution in [3.63, 3.8) is 0 Å². The van der Waals surface area contributed by atoms with E-state index in [1.165, 1.54) is 12.1 Å². The summed E-state index contributed by atoms with van der Waals surface area (Å²) < 4.78 is 65.6. The second-order valence-corrected chi connectivity index (χ2v) is 4.69. The van der Waals surface area contributed by atoms with Gasteiger partial charge in [-0.2, -0.15) is 5.10 Å². The lowest BCUT2D eigenvalue weighted by atomic mass is 10.2. The van der Waals surface area contributed by atoms with Gasteiger partial charge in [-0.15, -0.1) is 0 Å². The number of rotatable bonds is 4. The molecule has 2 rings (SSSR count). The average Bonchev–Trinajstić information content (AvgIpc) is 2.55. The summed E-state index contributed by atoms with van der Waals surface area (Å²) in [6.45, 7) is 0. The Morgan fingerprint density at radius 3 is 2.12 bits per heavy atom. The minimum Gasteiger partial charge on any atom is -0.272 e. The number of halogens is 6. The smallest absolute Gasteiger partial charge is 0.272 e. The van der Waals surface area contributed by atoms with Crippen molar-refractivity contribution in [3.8, 4) is 0 Å². The highest BCUT2D eigenvalue weighted by Crippen LogP contribution is 2.27. The lowest BCUT2D eigenvalue weighted by Crippen LogP contribution is -2.06. The lowest BCUT2D eigenvalue weighted by Gasteiger charge is -2.06. The van der Waals surface area contributed by atoms with E-state index in [9.17, 15) is 32.1 Å². The molecule has 0 spiro atoms. The highest BCUT2D eigenvalue weighted by atomic mass is 35.5. The molecular weight excluding hydrogens is 361 g/mol. The number of nitro groups is 1. The molecule has 2 aromatic carbocycles. The molecule has 0 radical (unpaired) electrons. The van der Waals surface area contributed by atoms with Gasteiger partial charge in [-0.1, -0.05) is 17.7 Å². The molecule has 1 N–H and O–H groups in total. The van der Waals surface area contributed by atoms with Gasteiger partial charge in [-0.3, -0.25) is 15.5 Å². The molecule has 5 nitrogen and oxygen atoms in total. The minimum atomic E-state index is -2.30. The van der Waals surface area contributed by atoms with Gasteiger partial charge in [0.15, 0.2) is 23.3 Å². The van der Waals surface area contributed by atoms with Gasteiger partial charge in [-0.05, 0) is 6.07 Å². The predicted molar refractivity (Wildman–Crippen MR) is 75.6 cm³/mol. The van der Waals surface area contributed by atoms with E-state index in [0.29, 0.717) is 0 Å². The first-order valence-electron chi connectivity index (χ1n) is 5.98. The van der Waals surface area contributed by atoms with Gasteiger partial charge in [0.05, 0.1) is 11.1 Å². The largest absolute Gasteiger partial charge is 0.288 e. The van der Waals surface area contributed by atoms with E-state index in [4.69, 9.17) is 11.6 Å². The third-order valence-corrected chi connectivity index (χ3v) is 3.09. The molecule has 0 aliphatic carbocycles. The van der Waals surface area contributed by atoms with Crippen LogP contribution in [-0.2, 0) is 0 Å². The molecular formula is C13H5ClF5N3O2. The van der Waals surface area contributed by atoms with Crippen LogP contribution >= 0.6 is 11.6 Å². The van der Waals surface area contributed by atoms with Crippen LogP contribution in [-0.4, -0.2) is 11.1 Å². The van der Waals surface area contributed by atoms with E-state index >= 15 is 0 Å². The minimum absolute atomic E-state index is 0.0995. The van der Waals surface area contributed by atoms with Crippen LogP contribution in [0.1, 0.15) is 5.56 Å². The van der Waals surface area contributed by atoms with Gasteiger partial charge >= 0.3 is 0 Å². The quantitative estimate of drug-likeness (QED) is 0.218. The highest BCUT2D eigenvalue weighted by molar-refractivity contribution is 6.32. The normalized spacial score (nSPS) is 11.1. The number of nitrogens with one attached hydrogen (secondary N) is 1. The van der Waals surface area contributed by atoms with Gasteiger partial charge < -0.3 is 0 Å². The molecule has 0 aliphatic rings. The molecule has 0 aromatic heterocycles. The zero-order chi connectivity index (χ0) is 18.0. The Bertz CT molecular complexity index is 831. The number of hydrogen-bond acceptors (Lipinski definition) is 4. The van der Waals surface area contributed by atoms with Gasteiger partial charge in [0.25, 0.3) is 5.69 Å². The van der Waals surface area contributed by atoms with Gasteiger partial charge in [0.2, 0.25) is 5.82 Å². The zero-order valence-electron chi connectivity index (χ0n) is 11.3. The van der Waals surface area contributed by atoms with E-state index in [0.717, 1.165) is 12.3 Å². The van der Waals surface area contributed by atoms with Crippen molar-refractivity contribution < 1.29 is 26.9 Å². The Morgan fingerprint density at radius 1 is 1.04 bits per heavy atom. The number of hydrazone groups is 1.